The monoisotopic (exact) mass is 267 g/mol. The molecule has 0 radical (unpaired) electrons. The van der Waals surface area contributed by atoms with Gasteiger partial charge in [-0.3, -0.25) is 9.59 Å². The molecular weight excluding hydrogens is 246 g/mol. The lowest BCUT2D eigenvalue weighted by Gasteiger charge is -2.28. The number of hydrogen-bond donors (Lipinski definition) is 0. The molecule has 1 saturated carbocycles. The largest absolute Gasteiger partial charge is 0.464 e. The maximum absolute atomic E-state index is 12.1. The first-order valence-electron chi connectivity index (χ1n) is 7.04. The van der Waals surface area contributed by atoms with Gasteiger partial charge in [-0.25, -0.2) is 4.79 Å². The first-order valence-corrected chi connectivity index (χ1v) is 7.04. The highest BCUT2D eigenvalue weighted by atomic mass is 16.5. The number of likely N-dealkylation sites (tertiary alicyclic amines) is 1. The summed E-state index contributed by atoms with van der Waals surface area (Å²) in [4.78, 5) is 37.5. The van der Waals surface area contributed by atoms with Crippen LogP contribution in [0.15, 0.2) is 0 Å². The maximum Gasteiger partial charge on any atom is 0.328 e. The van der Waals surface area contributed by atoms with Crippen molar-refractivity contribution in [1.82, 2.24) is 4.90 Å². The molecule has 0 spiro atoms. The van der Waals surface area contributed by atoms with E-state index in [2.05, 4.69) is 0 Å². The lowest BCUT2D eigenvalue weighted by molar-refractivity contribution is -0.153. The van der Waals surface area contributed by atoms with Crippen LogP contribution < -0.4 is 0 Å². The number of ether oxygens (including phenoxy) is 1. The molecule has 5 heteroatoms. The summed E-state index contributed by atoms with van der Waals surface area (Å²) in [5.41, 5.74) is 0. The van der Waals surface area contributed by atoms with Gasteiger partial charge in [0.15, 0.2) is 0 Å². The van der Waals surface area contributed by atoms with Gasteiger partial charge in [0, 0.05) is 25.3 Å². The Hall–Kier alpha value is -1.39. The van der Waals surface area contributed by atoms with Gasteiger partial charge >= 0.3 is 5.97 Å². The molecule has 2 fully saturated rings. The molecule has 1 saturated heterocycles. The molecule has 1 aliphatic heterocycles. The third-order valence-electron chi connectivity index (χ3n) is 4.14. The van der Waals surface area contributed by atoms with Gasteiger partial charge in [-0.1, -0.05) is 6.42 Å². The molecule has 106 valence electrons. The Kier molecular flexibility index (Phi) is 4.22. The van der Waals surface area contributed by atoms with Gasteiger partial charge in [-0.15, -0.1) is 0 Å². The predicted octanol–water partition coefficient (Wildman–Crippen LogP) is 1.30. The Labute approximate surface area is 113 Å². The van der Waals surface area contributed by atoms with E-state index in [0.717, 1.165) is 19.3 Å². The van der Waals surface area contributed by atoms with E-state index in [1.54, 1.807) is 11.8 Å². The summed E-state index contributed by atoms with van der Waals surface area (Å²) < 4.78 is 5.03. The van der Waals surface area contributed by atoms with Gasteiger partial charge in [0.25, 0.3) is 0 Å². The Morgan fingerprint density at radius 1 is 1.37 bits per heavy atom. The van der Waals surface area contributed by atoms with Gasteiger partial charge in [-0.05, 0) is 26.2 Å². The SMILES string of the molecule is CCOC(=O)[C@H]1C[C@H]2C(=O)CCCC[C@H]2N1C(C)=O. The first kappa shape index (κ1) is 14.0. The van der Waals surface area contributed by atoms with Crippen molar-refractivity contribution in [3.8, 4) is 0 Å². The number of esters is 1. The maximum atomic E-state index is 12.1. The van der Waals surface area contributed by atoms with Crippen LogP contribution in [0.1, 0.15) is 46.0 Å². The van der Waals surface area contributed by atoms with E-state index in [0.29, 0.717) is 19.4 Å². The molecular formula is C14H21NO4. The molecule has 5 nitrogen and oxygen atoms in total. The summed E-state index contributed by atoms with van der Waals surface area (Å²) >= 11 is 0. The Balaban J connectivity index is 2.24. The quantitative estimate of drug-likeness (QED) is 0.707. The van der Waals surface area contributed by atoms with E-state index in [9.17, 15) is 14.4 Å². The zero-order valence-electron chi connectivity index (χ0n) is 11.6. The van der Waals surface area contributed by atoms with E-state index >= 15 is 0 Å². The van der Waals surface area contributed by atoms with Crippen LogP contribution in [0.4, 0.5) is 0 Å². The van der Waals surface area contributed by atoms with Crippen molar-refractivity contribution in [1.29, 1.82) is 0 Å². The van der Waals surface area contributed by atoms with Crippen LogP contribution in [-0.2, 0) is 19.1 Å². The second-order valence-electron chi connectivity index (χ2n) is 5.32. The van der Waals surface area contributed by atoms with Crippen LogP contribution in [0.2, 0.25) is 0 Å². The number of hydrogen-bond acceptors (Lipinski definition) is 4. The van der Waals surface area contributed by atoms with Crippen LogP contribution in [0.25, 0.3) is 0 Å². The highest BCUT2D eigenvalue weighted by Crippen LogP contribution is 2.37. The minimum absolute atomic E-state index is 0.109. The average molecular weight is 267 g/mol. The Morgan fingerprint density at radius 3 is 2.74 bits per heavy atom. The molecule has 2 aliphatic rings. The van der Waals surface area contributed by atoms with Crippen LogP contribution in [0.3, 0.4) is 0 Å². The average Bonchev–Trinajstić information content (AvgIpc) is 2.65. The molecule has 3 atom stereocenters. The van der Waals surface area contributed by atoms with Gasteiger partial charge in [0.2, 0.25) is 5.91 Å². The molecule has 1 amide bonds. The highest BCUT2D eigenvalue weighted by molar-refractivity contribution is 5.89. The van der Waals surface area contributed by atoms with Gasteiger partial charge in [0.1, 0.15) is 11.8 Å². The molecule has 0 N–H and O–H groups in total. The molecule has 0 bridgehead atoms. The molecule has 19 heavy (non-hydrogen) atoms. The zero-order chi connectivity index (χ0) is 14.0. The van der Waals surface area contributed by atoms with Crippen LogP contribution >= 0.6 is 0 Å². The van der Waals surface area contributed by atoms with Crippen LogP contribution in [-0.4, -0.2) is 41.3 Å². The highest BCUT2D eigenvalue weighted by Gasteiger charge is 2.49. The topological polar surface area (TPSA) is 63.7 Å². The van der Waals surface area contributed by atoms with Crippen molar-refractivity contribution in [2.45, 2.75) is 58.0 Å². The first-order chi connectivity index (χ1) is 9.06. The molecule has 0 aromatic rings. The lowest BCUT2D eigenvalue weighted by atomic mass is 9.93. The van der Waals surface area contributed by atoms with Gasteiger partial charge in [0.05, 0.1) is 6.61 Å². The van der Waals surface area contributed by atoms with Crippen molar-refractivity contribution >= 4 is 17.7 Å². The fourth-order valence-electron chi connectivity index (χ4n) is 3.36. The van der Waals surface area contributed by atoms with Crippen molar-refractivity contribution in [2.24, 2.45) is 5.92 Å². The fourth-order valence-corrected chi connectivity index (χ4v) is 3.36. The number of fused-ring (bicyclic) bond motifs is 1. The summed E-state index contributed by atoms with van der Waals surface area (Å²) in [5, 5.41) is 0. The number of ketones is 1. The lowest BCUT2D eigenvalue weighted by Crippen LogP contribution is -2.45. The van der Waals surface area contributed by atoms with E-state index in [1.165, 1.54) is 6.92 Å². The Bertz CT molecular complexity index is 393. The van der Waals surface area contributed by atoms with Crippen LogP contribution in [0.5, 0.6) is 0 Å². The fraction of sp³-hybridized carbons (Fsp3) is 0.786. The van der Waals surface area contributed by atoms with E-state index in [4.69, 9.17) is 4.74 Å². The van der Waals surface area contributed by atoms with Crippen molar-refractivity contribution in [2.75, 3.05) is 6.61 Å². The number of carbonyl (C=O) groups excluding carboxylic acids is 3. The minimum Gasteiger partial charge on any atom is -0.464 e. The number of carbonyl (C=O) groups is 3. The molecule has 1 aliphatic carbocycles. The van der Waals surface area contributed by atoms with E-state index < -0.39 is 6.04 Å². The molecule has 1 heterocycles. The standard InChI is InChI=1S/C14H21NO4/c1-3-19-14(18)12-8-10-11(15(12)9(2)16)6-4-5-7-13(10)17/h10-12H,3-8H2,1-2H3/t10-,11-,12-/m1/s1. The minimum atomic E-state index is -0.575. The molecule has 2 rings (SSSR count). The number of amides is 1. The molecule has 0 aromatic carbocycles. The van der Waals surface area contributed by atoms with Crippen molar-refractivity contribution in [3.63, 3.8) is 0 Å². The number of rotatable bonds is 2. The van der Waals surface area contributed by atoms with Crippen molar-refractivity contribution in [3.05, 3.63) is 0 Å². The van der Waals surface area contributed by atoms with Gasteiger partial charge in [-0.2, -0.15) is 0 Å². The predicted molar refractivity (Wildman–Crippen MR) is 68.3 cm³/mol. The summed E-state index contributed by atoms with van der Waals surface area (Å²) in [5.74, 6) is -0.500. The summed E-state index contributed by atoms with van der Waals surface area (Å²) in [6, 6.07) is -0.684. The summed E-state index contributed by atoms with van der Waals surface area (Å²) in [7, 11) is 0. The van der Waals surface area contributed by atoms with Gasteiger partial charge < -0.3 is 9.64 Å². The summed E-state index contributed by atoms with van der Waals surface area (Å²) in [6.45, 7) is 3.50. The molecule has 0 unspecified atom stereocenters. The van der Waals surface area contributed by atoms with E-state index in [1.807, 2.05) is 0 Å². The number of Topliss-reactive ketones (excluding diaryl/α,β-unsaturated/α-hetero) is 1. The number of nitrogens with zero attached hydrogens (tertiary/aromatic N) is 1. The second kappa shape index (κ2) is 5.72. The second-order valence-corrected chi connectivity index (χ2v) is 5.32. The Morgan fingerprint density at radius 2 is 2.11 bits per heavy atom. The summed E-state index contributed by atoms with van der Waals surface area (Å²) in [6.07, 6.45) is 3.64. The third-order valence-corrected chi connectivity index (χ3v) is 4.14. The third kappa shape index (κ3) is 2.65. The smallest absolute Gasteiger partial charge is 0.328 e. The molecule has 0 aromatic heterocycles. The van der Waals surface area contributed by atoms with Crippen molar-refractivity contribution < 1.29 is 19.1 Å². The normalized spacial score (nSPS) is 30.7. The zero-order valence-corrected chi connectivity index (χ0v) is 11.6. The van der Waals surface area contributed by atoms with E-state index in [-0.39, 0.29) is 29.6 Å². The van der Waals surface area contributed by atoms with Crippen LogP contribution in [0, 0.1) is 5.92 Å².